The fourth-order valence-corrected chi connectivity index (χ4v) is 4.38. The molecule has 0 atom stereocenters. The van der Waals surface area contributed by atoms with E-state index in [2.05, 4.69) is 35.8 Å². The maximum Gasteiger partial charge on any atom is 0.233 e. The Morgan fingerprint density at radius 3 is 2.40 bits per heavy atom. The fraction of sp³-hybridized carbons (Fsp3) is 0.200. The zero-order valence-electron chi connectivity index (χ0n) is 19.4. The Kier molecular flexibility index (Phi) is 6.17. The number of nitrogens with zero attached hydrogens (tertiary/aromatic N) is 4. The van der Waals surface area contributed by atoms with E-state index >= 15 is 0 Å². The molecule has 0 saturated heterocycles. The molecule has 1 saturated carbocycles. The lowest BCUT2D eigenvalue weighted by Crippen LogP contribution is -2.07. The summed E-state index contributed by atoms with van der Waals surface area (Å²) in [5.74, 6) is 1.87. The van der Waals surface area contributed by atoms with Crippen molar-refractivity contribution in [3.05, 3.63) is 77.5 Å². The number of H-pyrrole nitrogens is 1. The standard InChI is InChI=1S/C25H25FN7OP/c1-35(2,34)20-11-9-19(10-12-20)27-24-28-22(13-6-16-4-3-5-18(26)14-16)29-25(31-24)30-23-15-21(32-33-23)17-7-8-17/h3-6,9-15,17H,7-8H2,1-2H3,(H3,27,28,29,30,31,32,33)/b13-6+. The third-order valence-electron chi connectivity index (χ3n) is 5.53. The molecule has 1 aliphatic rings. The number of nitrogens with one attached hydrogen (secondary N) is 3. The van der Waals surface area contributed by atoms with Crippen molar-refractivity contribution in [3.8, 4) is 0 Å². The highest BCUT2D eigenvalue weighted by atomic mass is 31.2. The van der Waals surface area contributed by atoms with Crippen LogP contribution in [0.1, 0.15) is 35.8 Å². The van der Waals surface area contributed by atoms with Gasteiger partial charge in [-0.3, -0.25) is 5.10 Å². The molecule has 0 aliphatic heterocycles. The Labute approximate surface area is 202 Å². The predicted molar refractivity (Wildman–Crippen MR) is 138 cm³/mol. The van der Waals surface area contributed by atoms with Crippen LogP contribution in [0.2, 0.25) is 0 Å². The van der Waals surface area contributed by atoms with Gasteiger partial charge in [-0.25, -0.2) is 4.39 Å². The molecule has 2 aromatic carbocycles. The van der Waals surface area contributed by atoms with Gasteiger partial charge in [-0.1, -0.05) is 18.2 Å². The van der Waals surface area contributed by atoms with E-state index in [1.807, 2.05) is 30.3 Å². The summed E-state index contributed by atoms with van der Waals surface area (Å²) < 4.78 is 25.9. The van der Waals surface area contributed by atoms with Crippen LogP contribution in [0.5, 0.6) is 0 Å². The summed E-state index contributed by atoms with van der Waals surface area (Å²) in [6.07, 6.45) is 5.77. The number of hydrogen-bond donors (Lipinski definition) is 3. The Morgan fingerprint density at radius 2 is 1.71 bits per heavy atom. The Morgan fingerprint density at radius 1 is 0.971 bits per heavy atom. The lowest BCUT2D eigenvalue weighted by Gasteiger charge is -2.10. The van der Waals surface area contributed by atoms with Crippen LogP contribution in [-0.2, 0) is 4.57 Å². The van der Waals surface area contributed by atoms with Crippen molar-refractivity contribution in [2.45, 2.75) is 18.8 Å². The summed E-state index contributed by atoms with van der Waals surface area (Å²) in [4.78, 5) is 13.5. The van der Waals surface area contributed by atoms with Gasteiger partial charge in [-0.05, 0) is 74.2 Å². The first kappa shape index (κ1) is 22.9. The maximum absolute atomic E-state index is 13.5. The van der Waals surface area contributed by atoms with Crippen LogP contribution >= 0.6 is 7.14 Å². The first-order valence-electron chi connectivity index (χ1n) is 11.3. The molecule has 1 fully saturated rings. The zero-order chi connectivity index (χ0) is 24.4. The summed E-state index contributed by atoms with van der Waals surface area (Å²) in [5.41, 5.74) is 2.53. The van der Waals surface area contributed by atoms with E-state index in [0.29, 0.717) is 35.0 Å². The summed E-state index contributed by atoms with van der Waals surface area (Å²) >= 11 is 0. The largest absolute Gasteiger partial charge is 0.324 e. The molecule has 0 amide bonds. The second kappa shape index (κ2) is 9.43. The average molecular weight is 489 g/mol. The highest BCUT2D eigenvalue weighted by molar-refractivity contribution is 7.70. The number of benzene rings is 2. The van der Waals surface area contributed by atoms with Gasteiger partial charge in [-0.2, -0.15) is 20.1 Å². The van der Waals surface area contributed by atoms with E-state index in [4.69, 9.17) is 0 Å². The lowest BCUT2D eigenvalue weighted by atomic mass is 10.2. The third-order valence-corrected chi connectivity index (χ3v) is 7.07. The maximum atomic E-state index is 13.5. The number of hydrogen-bond acceptors (Lipinski definition) is 7. The number of aromatic amines is 1. The molecule has 2 heterocycles. The Bertz CT molecular complexity index is 1420. The van der Waals surface area contributed by atoms with Gasteiger partial charge in [0.05, 0.1) is 0 Å². The van der Waals surface area contributed by atoms with Crippen molar-refractivity contribution in [3.63, 3.8) is 0 Å². The number of anilines is 4. The minimum atomic E-state index is -2.34. The summed E-state index contributed by atoms with van der Waals surface area (Å²) in [7, 11) is -2.34. The average Bonchev–Trinajstić information content (AvgIpc) is 3.56. The van der Waals surface area contributed by atoms with E-state index in [1.165, 1.54) is 25.0 Å². The highest BCUT2D eigenvalue weighted by Crippen LogP contribution is 2.39. The summed E-state index contributed by atoms with van der Waals surface area (Å²) in [6.45, 7) is 3.47. The molecule has 0 bridgehead atoms. The normalized spacial score (nSPS) is 13.8. The van der Waals surface area contributed by atoms with Crippen LogP contribution in [-0.4, -0.2) is 38.5 Å². The molecule has 8 nitrogen and oxygen atoms in total. The number of rotatable bonds is 8. The Balaban J connectivity index is 1.42. The number of aromatic nitrogens is 5. The summed E-state index contributed by atoms with van der Waals surface area (Å²) in [6, 6.07) is 15.6. The minimum Gasteiger partial charge on any atom is -0.324 e. The molecule has 4 aromatic rings. The predicted octanol–water partition coefficient (Wildman–Crippen LogP) is 5.52. The monoisotopic (exact) mass is 489 g/mol. The SMILES string of the molecule is CP(C)(=O)c1ccc(Nc2nc(/C=C/c3cccc(F)c3)nc(Nc3cc(C4CC4)[nH]n3)n2)cc1. The van der Waals surface area contributed by atoms with E-state index < -0.39 is 7.14 Å². The first-order chi connectivity index (χ1) is 16.8. The Hall–Kier alpha value is -3.84. The topological polar surface area (TPSA) is 108 Å². The highest BCUT2D eigenvalue weighted by Gasteiger charge is 2.25. The molecular formula is C25H25FN7OP. The van der Waals surface area contributed by atoms with Crippen LogP contribution in [0.3, 0.4) is 0 Å². The van der Waals surface area contributed by atoms with E-state index in [0.717, 1.165) is 16.7 Å². The van der Waals surface area contributed by atoms with Crippen LogP contribution in [0.25, 0.3) is 12.2 Å². The van der Waals surface area contributed by atoms with Gasteiger partial charge in [0.25, 0.3) is 0 Å². The van der Waals surface area contributed by atoms with Gasteiger partial charge in [0.2, 0.25) is 11.9 Å². The molecule has 178 valence electrons. The number of halogens is 1. The van der Waals surface area contributed by atoms with Gasteiger partial charge in [0.15, 0.2) is 11.6 Å². The molecule has 1 aliphatic carbocycles. The molecule has 35 heavy (non-hydrogen) atoms. The van der Waals surface area contributed by atoms with Gasteiger partial charge in [0.1, 0.15) is 13.0 Å². The van der Waals surface area contributed by atoms with Gasteiger partial charge in [-0.15, -0.1) is 0 Å². The van der Waals surface area contributed by atoms with Crippen molar-refractivity contribution in [1.82, 2.24) is 25.1 Å². The van der Waals surface area contributed by atoms with Crippen molar-refractivity contribution in [2.75, 3.05) is 24.0 Å². The first-order valence-corrected chi connectivity index (χ1v) is 13.9. The molecule has 10 heteroatoms. The van der Waals surface area contributed by atoms with Crippen molar-refractivity contribution in [1.29, 1.82) is 0 Å². The van der Waals surface area contributed by atoms with E-state index in [9.17, 15) is 8.96 Å². The second-order valence-electron chi connectivity index (χ2n) is 8.86. The van der Waals surface area contributed by atoms with Crippen molar-refractivity contribution in [2.24, 2.45) is 0 Å². The molecule has 2 aromatic heterocycles. The van der Waals surface area contributed by atoms with Crippen LogP contribution < -0.4 is 15.9 Å². The lowest BCUT2D eigenvalue weighted by molar-refractivity contribution is 0.588. The molecule has 0 spiro atoms. The summed E-state index contributed by atoms with van der Waals surface area (Å²) in [5, 5.41) is 14.5. The fourth-order valence-electron chi connectivity index (χ4n) is 3.51. The van der Waals surface area contributed by atoms with Crippen LogP contribution in [0, 0.1) is 5.82 Å². The van der Waals surface area contributed by atoms with Crippen molar-refractivity contribution >= 4 is 48.0 Å². The zero-order valence-corrected chi connectivity index (χ0v) is 20.3. The smallest absolute Gasteiger partial charge is 0.233 e. The van der Waals surface area contributed by atoms with Gasteiger partial charge < -0.3 is 15.2 Å². The third kappa shape index (κ3) is 6.00. The molecule has 0 unspecified atom stereocenters. The van der Waals surface area contributed by atoms with Gasteiger partial charge >= 0.3 is 0 Å². The molecule has 0 radical (unpaired) electrons. The van der Waals surface area contributed by atoms with Crippen LogP contribution in [0.4, 0.5) is 27.8 Å². The quantitative estimate of drug-likeness (QED) is 0.280. The van der Waals surface area contributed by atoms with E-state index in [1.54, 1.807) is 37.6 Å². The molecular weight excluding hydrogens is 464 g/mol. The van der Waals surface area contributed by atoms with Crippen molar-refractivity contribution < 1.29 is 8.96 Å². The molecule has 3 N–H and O–H groups in total. The van der Waals surface area contributed by atoms with Crippen LogP contribution in [0.15, 0.2) is 54.6 Å². The second-order valence-corrected chi connectivity index (χ2v) is 12.1. The van der Waals surface area contributed by atoms with E-state index in [-0.39, 0.29) is 5.82 Å². The minimum absolute atomic E-state index is 0.315. The van der Waals surface area contributed by atoms with Gasteiger partial charge in [0, 0.05) is 28.7 Å². The molecule has 5 rings (SSSR count).